The van der Waals surface area contributed by atoms with Gasteiger partial charge in [0, 0.05) is 37.7 Å². The zero-order valence-electron chi connectivity index (χ0n) is 22.1. The van der Waals surface area contributed by atoms with E-state index in [-0.39, 0.29) is 24.1 Å². The van der Waals surface area contributed by atoms with Crippen molar-refractivity contribution in [1.29, 1.82) is 0 Å². The lowest BCUT2D eigenvalue weighted by atomic mass is 9.82. The third-order valence-corrected chi connectivity index (χ3v) is 5.70. The van der Waals surface area contributed by atoms with E-state index in [2.05, 4.69) is 16.0 Å². The molecule has 0 aliphatic heterocycles. The van der Waals surface area contributed by atoms with Crippen molar-refractivity contribution in [2.75, 3.05) is 27.2 Å². The van der Waals surface area contributed by atoms with Crippen molar-refractivity contribution in [2.24, 2.45) is 5.92 Å². The maximum atomic E-state index is 12.9. The molecule has 2 rings (SSSR count). The van der Waals surface area contributed by atoms with E-state index in [1.807, 2.05) is 0 Å². The predicted molar refractivity (Wildman–Crippen MR) is 131 cm³/mol. The van der Waals surface area contributed by atoms with Gasteiger partial charge in [0.1, 0.15) is 5.60 Å². The third-order valence-electron chi connectivity index (χ3n) is 5.70. The standard InChI is InChI=1S/C25H35F3N4O6/c1-24(2,3)38-22(35)30-18-9-10-19(16(12-18)14-37-23(36)32(4)5)31-20(33)13-29-21(34)15-7-6-8-17(11-15)25(26,27)28/h6-8,11,16,18-19H,9-10,12-14H2,1-5H3,(H,29,34)(H,30,35)(H,31,33)/t16-,18+,19-/m0/s1. The summed E-state index contributed by atoms with van der Waals surface area (Å²) in [6, 6.07) is 3.18. The van der Waals surface area contributed by atoms with Crippen molar-refractivity contribution < 1.29 is 41.8 Å². The topological polar surface area (TPSA) is 126 Å². The molecule has 1 aromatic carbocycles. The van der Waals surface area contributed by atoms with Crippen molar-refractivity contribution in [1.82, 2.24) is 20.9 Å². The minimum atomic E-state index is -4.60. The molecule has 212 valence electrons. The highest BCUT2D eigenvalue weighted by Crippen LogP contribution is 2.29. The van der Waals surface area contributed by atoms with E-state index in [1.54, 1.807) is 20.8 Å². The summed E-state index contributed by atoms with van der Waals surface area (Å²) in [7, 11) is 3.06. The van der Waals surface area contributed by atoms with Crippen LogP contribution in [0.4, 0.5) is 22.8 Å². The predicted octanol–water partition coefficient (Wildman–Crippen LogP) is 3.31. The summed E-state index contributed by atoms with van der Waals surface area (Å²) in [5.41, 5.74) is -1.87. The van der Waals surface area contributed by atoms with E-state index in [0.717, 1.165) is 12.1 Å². The first kappa shape index (κ1) is 30.7. The molecule has 38 heavy (non-hydrogen) atoms. The number of hydrogen-bond donors (Lipinski definition) is 3. The summed E-state index contributed by atoms with van der Waals surface area (Å²) in [4.78, 5) is 50.3. The number of alkyl carbamates (subject to hydrolysis) is 1. The fraction of sp³-hybridized carbons (Fsp3) is 0.600. The molecule has 0 unspecified atom stereocenters. The lowest BCUT2D eigenvalue weighted by Crippen LogP contribution is -2.52. The minimum Gasteiger partial charge on any atom is -0.449 e. The minimum absolute atomic E-state index is 0.0228. The first-order valence-electron chi connectivity index (χ1n) is 12.1. The Bertz CT molecular complexity index is 1010. The Balaban J connectivity index is 1.98. The number of carbonyl (C=O) groups is 4. The van der Waals surface area contributed by atoms with Crippen molar-refractivity contribution in [2.45, 2.75) is 63.9 Å². The Morgan fingerprint density at radius 3 is 2.34 bits per heavy atom. The second-order valence-electron chi connectivity index (χ2n) is 10.3. The fourth-order valence-electron chi connectivity index (χ4n) is 3.91. The number of nitrogens with zero attached hydrogens (tertiary/aromatic N) is 1. The third kappa shape index (κ3) is 10.1. The van der Waals surface area contributed by atoms with Crippen LogP contribution < -0.4 is 16.0 Å². The fourth-order valence-corrected chi connectivity index (χ4v) is 3.91. The van der Waals surface area contributed by atoms with Gasteiger partial charge in [-0.2, -0.15) is 13.2 Å². The molecule has 1 fully saturated rings. The van der Waals surface area contributed by atoms with Crippen LogP contribution in [0.1, 0.15) is 56.0 Å². The largest absolute Gasteiger partial charge is 0.449 e. The first-order chi connectivity index (χ1) is 17.5. The van der Waals surface area contributed by atoms with Crippen LogP contribution in [0.3, 0.4) is 0 Å². The summed E-state index contributed by atoms with van der Waals surface area (Å²) in [5, 5.41) is 7.91. The van der Waals surface area contributed by atoms with Crippen molar-refractivity contribution in [3.63, 3.8) is 0 Å². The molecular weight excluding hydrogens is 509 g/mol. The van der Waals surface area contributed by atoms with Gasteiger partial charge in [0.2, 0.25) is 5.91 Å². The number of nitrogens with one attached hydrogen (secondary N) is 3. The number of ether oxygens (including phenoxy) is 2. The molecule has 0 saturated heterocycles. The highest BCUT2D eigenvalue weighted by molar-refractivity contribution is 5.96. The molecule has 0 radical (unpaired) electrons. The van der Waals surface area contributed by atoms with E-state index in [4.69, 9.17) is 9.47 Å². The molecule has 3 atom stereocenters. The zero-order valence-corrected chi connectivity index (χ0v) is 22.1. The van der Waals surface area contributed by atoms with E-state index in [0.29, 0.717) is 25.3 Å². The zero-order chi connectivity index (χ0) is 28.7. The molecule has 1 aromatic rings. The highest BCUT2D eigenvalue weighted by Gasteiger charge is 2.34. The maximum Gasteiger partial charge on any atom is 0.416 e. The molecule has 4 amide bonds. The Kier molecular flexibility index (Phi) is 10.4. The second-order valence-corrected chi connectivity index (χ2v) is 10.3. The van der Waals surface area contributed by atoms with Crippen molar-refractivity contribution in [3.05, 3.63) is 35.4 Å². The Hall–Kier alpha value is -3.51. The molecule has 0 aromatic heterocycles. The molecular formula is C25H35F3N4O6. The number of amides is 4. The van der Waals surface area contributed by atoms with Gasteiger partial charge < -0.3 is 30.3 Å². The normalized spacial score (nSPS) is 19.6. The molecule has 3 N–H and O–H groups in total. The number of hydrogen-bond acceptors (Lipinski definition) is 6. The van der Waals surface area contributed by atoms with Gasteiger partial charge in [0.15, 0.2) is 0 Å². The van der Waals surface area contributed by atoms with Crippen molar-refractivity contribution in [3.8, 4) is 0 Å². The number of halogens is 3. The Labute approximate surface area is 219 Å². The van der Waals surface area contributed by atoms with Gasteiger partial charge in [0.25, 0.3) is 5.91 Å². The van der Waals surface area contributed by atoms with Crippen LogP contribution in [-0.4, -0.2) is 73.8 Å². The highest BCUT2D eigenvalue weighted by atomic mass is 19.4. The van der Waals surface area contributed by atoms with E-state index in [9.17, 15) is 32.3 Å². The van der Waals surface area contributed by atoms with Gasteiger partial charge >= 0.3 is 18.4 Å². The summed E-state index contributed by atoms with van der Waals surface area (Å²) in [6.07, 6.45) is -4.40. The van der Waals surface area contributed by atoms with Crippen molar-refractivity contribution >= 4 is 24.0 Å². The number of carbonyl (C=O) groups excluding carboxylic acids is 4. The number of alkyl halides is 3. The molecule has 0 heterocycles. The molecule has 1 aliphatic carbocycles. The summed E-state index contributed by atoms with van der Waals surface area (Å²) in [5.74, 6) is -1.73. The van der Waals surface area contributed by atoms with Crippen LogP contribution in [0.2, 0.25) is 0 Å². The molecule has 10 nitrogen and oxygen atoms in total. The first-order valence-corrected chi connectivity index (χ1v) is 12.1. The summed E-state index contributed by atoms with van der Waals surface area (Å²) < 4.78 is 49.3. The molecule has 1 aliphatic rings. The van der Waals surface area contributed by atoms with Crippen LogP contribution in [0.15, 0.2) is 24.3 Å². The second kappa shape index (κ2) is 12.8. The molecule has 0 spiro atoms. The Morgan fingerprint density at radius 1 is 1.05 bits per heavy atom. The van der Waals surface area contributed by atoms with Crippen LogP contribution >= 0.6 is 0 Å². The lowest BCUT2D eigenvalue weighted by molar-refractivity contribution is -0.137. The molecule has 0 bridgehead atoms. The Morgan fingerprint density at radius 2 is 1.74 bits per heavy atom. The van der Waals surface area contributed by atoms with Crippen LogP contribution in [0.5, 0.6) is 0 Å². The van der Waals surface area contributed by atoms with Gasteiger partial charge in [0.05, 0.1) is 18.7 Å². The van der Waals surface area contributed by atoms with Gasteiger partial charge in [-0.15, -0.1) is 0 Å². The summed E-state index contributed by atoms with van der Waals surface area (Å²) in [6.45, 7) is 4.75. The van der Waals surface area contributed by atoms with Gasteiger partial charge in [-0.3, -0.25) is 9.59 Å². The van der Waals surface area contributed by atoms with E-state index in [1.165, 1.54) is 25.1 Å². The summed E-state index contributed by atoms with van der Waals surface area (Å²) >= 11 is 0. The van der Waals surface area contributed by atoms with E-state index >= 15 is 0 Å². The van der Waals surface area contributed by atoms with E-state index < -0.39 is 53.9 Å². The maximum absolute atomic E-state index is 12.9. The van der Waals surface area contributed by atoms with Crippen LogP contribution in [0.25, 0.3) is 0 Å². The SMILES string of the molecule is CN(C)C(=O)OC[C@@H]1C[C@H](NC(=O)OC(C)(C)C)CC[C@@H]1NC(=O)CNC(=O)c1cccc(C(F)(F)F)c1. The number of benzene rings is 1. The smallest absolute Gasteiger partial charge is 0.416 e. The van der Waals surface area contributed by atoms with Crippen LogP contribution in [0, 0.1) is 5.92 Å². The van der Waals surface area contributed by atoms with Crippen LogP contribution in [-0.2, 0) is 20.4 Å². The molecule has 1 saturated carbocycles. The van der Waals surface area contributed by atoms with Gasteiger partial charge in [-0.1, -0.05) is 6.07 Å². The monoisotopic (exact) mass is 544 g/mol. The average Bonchev–Trinajstić information content (AvgIpc) is 2.80. The lowest BCUT2D eigenvalue weighted by Gasteiger charge is -2.37. The average molecular weight is 545 g/mol. The quantitative estimate of drug-likeness (QED) is 0.484. The number of rotatable bonds is 7. The van der Waals surface area contributed by atoms with Gasteiger partial charge in [-0.05, 0) is 58.2 Å². The molecule has 13 heteroatoms. The van der Waals surface area contributed by atoms with Gasteiger partial charge in [-0.25, -0.2) is 9.59 Å².